The monoisotopic (exact) mass is 378 g/mol. The van der Waals surface area contributed by atoms with Gasteiger partial charge in [-0.2, -0.15) is 0 Å². The Morgan fingerprint density at radius 1 is 1.04 bits per heavy atom. The highest BCUT2D eigenvalue weighted by Gasteiger charge is 2.27. The average molecular weight is 379 g/mol. The molecule has 4 rings (SSSR count). The molecule has 1 amide bonds. The summed E-state index contributed by atoms with van der Waals surface area (Å²) < 4.78 is 0. The molecule has 1 heterocycles. The van der Waals surface area contributed by atoms with Gasteiger partial charge in [0.25, 0.3) is 0 Å². The first-order valence-electron chi connectivity index (χ1n) is 11.3. The van der Waals surface area contributed by atoms with E-state index < -0.39 is 0 Å². The van der Waals surface area contributed by atoms with Crippen LogP contribution in [0.5, 0.6) is 0 Å². The second-order valence-corrected chi connectivity index (χ2v) is 8.73. The Morgan fingerprint density at radius 3 is 2.64 bits per heavy atom. The van der Waals surface area contributed by atoms with Crippen LogP contribution in [0.3, 0.4) is 0 Å². The van der Waals surface area contributed by atoms with Crippen LogP contribution in [0, 0.1) is 11.8 Å². The SMILES string of the molecule is O=C(C1CCCCCC1)N(CCc1c[nH]c2ccccc12)C[C@@H]1CC=CCC1. The van der Waals surface area contributed by atoms with Gasteiger partial charge in [0.15, 0.2) is 0 Å². The number of nitrogens with zero attached hydrogens (tertiary/aromatic N) is 1. The third-order valence-corrected chi connectivity index (χ3v) is 6.70. The van der Waals surface area contributed by atoms with E-state index in [1.54, 1.807) is 0 Å². The molecule has 3 nitrogen and oxygen atoms in total. The first-order valence-corrected chi connectivity index (χ1v) is 11.3. The maximum atomic E-state index is 13.4. The van der Waals surface area contributed by atoms with Crippen molar-refractivity contribution in [2.45, 2.75) is 64.2 Å². The van der Waals surface area contributed by atoms with E-state index in [-0.39, 0.29) is 5.92 Å². The molecule has 0 saturated heterocycles. The van der Waals surface area contributed by atoms with Gasteiger partial charge in [-0.3, -0.25) is 4.79 Å². The molecule has 1 saturated carbocycles. The van der Waals surface area contributed by atoms with Crippen molar-refractivity contribution in [3.63, 3.8) is 0 Å². The zero-order valence-electron chi connectivity index (χ0n) is 17.0. The molecule has 0 unspecified atom stereocenters. The van der Waals surface area contributed by atoms with E-state index in [1.165, 1.54) is 55.0 Å². The van der Waals surface area contributed by atoms with E-state index in [9.17, 15) is 4.79 Å². The molecule has 0 aliphatic heterocycles. The van der Waals surface area contributed by atoms with E-state index >= 15 is 0 Å². The second-order valence-electron chi connectivity index (χ2n) is 8.73. The number of carbonyl (C=O) groups is 1. The lowest BCUT2D eigenvalue weighted by atomic mass is 9.92. The van der Waals surface area contributed by atoms with Gasteiger partial charge >= 0.3 is 0 Å². The number of benzene rings is 1. The number of amides is 1. The van der Waals surface area contributed by atoms with Crippen LogP contribution in [-0.4, -0.2) is 28.9 Å². The van der Waals surface area contributed by atoms with Crippen molar-refractivity contribution in [3.8, 4) is 0 Å². The third kappa shape index (κ3) is 4.68. The summed E-state index contributed by atoms with van der Waals surface area (Å²) in [5, 5.41) is 1.30. The molecule has 1 aromatic carbocycles. The Hall–Kier alpha value is -2.03. The van der Waals surface area contributed by atoms with Crippen molar-refractivity contribution < 1.29 is 4.79 Å². The predicted octanol–water partition coefficient (Wildman–Crippen LogP) is 5.87. The number of allylic oxidation sites excluding steroid dienone is 2. The van der Waals surface area contributed by atoms with Gasteiger partial charge in [0.1, 0.15) is 0 Å². The number of fused-ring (bicyclic) bond motifs is 1. The van der Waals surface area contributed by atoms with Crippen molar-refractivity contribution >= 4 is 16.8 Å². The van der Waals surface area contributed by atoms with Gasteiger partial charge < -0.3 is 9.88 Å². The average Bonchev–Trinajstić information content (AvgIpc) is 2.95. The van der Waals surface area contributed by atoms with Gasteiger partial charge in [0.2, 0.25) is 5.91 Å². The first-order chi connectivity index (χ1) is 13.8. The molecule has 2 aliphatic rings. The number of para-hydroxylation sites is 1. The molecule has 0 spiro atoms. The van der Waals surface area contributed by atoms with E-state index in [1.807, 2.05) is 0 Å². The van der Waals surface area contributed by atoms with E-state index in [4.69, 9.17) is 0 Å². The van der Waals surface area contributed by atoms with E-state index in [2.05, 4.69) is 52.5 Å². The molecule has 1 N–H and O–H groups in total. The van der Waals surface area contributed by atoms with Crippen LogP contribution in [0.25, 0.3) is 10.9 Å². The van der Waals surface area contributed by atoms with Crippen LogP contribution in [0.2, 0.25) is 0 Å². The maximum Gasteiger partial charge on any atom is 0.225 e. The number of hydrogen-bond donors (Lipinski definition) is 1. The molecule has 1 atom stereocenters. The molecule has 0 radical (unpaired) electrons. The van der Waals surface area contributed by atoms with Crippen molar-refractivity contribution in [2.75, 3.05) is 13.1 Å². The standard InChI is InChI=1S/C25H34N2O/c28-25(21-12-6-1-2-7-13-21)27(19-20-10-4-3-5-11-20)17-16-22-18-26-24-15-9-8-14-23(22)24/h3-4,8-9,14-15,18,20-21,26H,1-2,5-7,10-13,16-17,19H2/t20-/m1/s1. The number of hydrogen-bond acceptors (Lipinski definition) is 1. The smallest absolute Gasteiger partial charge is 0.225 e. The van der Waals surface area contributed by atoms with Crippen LogP contribution in [0.1, 0.15) is 63.4 Å². The molecule has 2 aliphatic carbocycles. The molecule has 150 valence electrons. The van der Waals surface area contributed by atoms with E-state index in [0.29, 0.717) is 11.8 Å². The molecular weight excluding hydrogens is 344 g/mol. The summed E-state index contributed by atoms with van der Waals surface area (Å²) >= 11 is 0. The Bertz CT molecular complexity index is 798. The highest BCUT2D eigenvalue weighted by Crippen LogP contribution is 2.27. The fourth-order valence-electron chi connectivity index (χ4n) is 5.00. The van der Waals surface area contributed by atoms with Gasteiger partial charge in [-0.25, -0.2) is 0 Å². The molecule has 2 aromatic rings. The van der Waals surface area contributed by atoms with Crippen molar-refractivity contribution in [3.05, 3.63) is 48.2 Å². The van der Waals surface area contributed by atoms with Gasteiger partial charge in [-0.15, -0.1) is 0 Å². The lowest BCUT2D eigenvalue weighted by Crippen LogP contribution is -2.40. The number of carbonyl (C=O) groups excluding carboxylic acids is 1. The summed E-state index contributed by atoms with van der Waals surface area (Å²) in [6, 6.07) is 8.48. The quantitative estimate of drug-likeness (QED) is 0.495. The third-order valence-electron chi connectivity index (χ3n) is 6.70. The van der Waals surface area contributed by atoms with Crippen LogP contribution < -0.4 is 0 Å². The number of nitrogens with one attached hydrogen (secondary N) is 1. The lowest BCUT2D eigenvalue weighted by molar-refractivity contribution is -0.136. The zero-order chi connectivity index (χ0) is 19.2. The summed E-state index contributed by atoms with van der Waals surface area (Å²) in [6.07, 6.45) is 18.4. The van der Waals surface area contributed by atoms with Gasteiger partial charge in [0, 0.05) is 36.1 Å². The summed E-state index contributed by atoms with van der Waals surface area (Å²) in [5.41, 5.74) is 2.52. The molecule has 1 fully saturated rings. The molecule has 28 heavy (non-hydrogen) atoms. The van der Waals surface area contributed by atoms with Crippen molar-refractivity contribution in [1.29, 1.82) is 0 Å². The Morgan fingerprint density at radius 2 is 1.86 bits per heavy atom. The molecule has 3 heteroatoms. The summed E-state index contributed by atoms with van der Waals surface area (Å²) in [7, 11) is 0. The van der Waals surface area contributed by atoms with Crippen LogP contribution in [-0.2, 0) is 11.2 Å². The minimum atomic E-state index is 0.254. The number of H-pyrrole nitrogens is 1. The van der Waals surface area contributed by atoms with Gasteiger partial charge in [0.05, 0.1) is 0 Å². The lowest BCUT2D eigenvalue weighted by Gasteiger charge is -2.31. The minimum Gasteiger partial charge on any atom is -0.361 e. The van der Waals surface area contributed by atoms with Crippen LogP contribution in [0.4, 0.5) is 0 Å². The Balaban J connectivity index is 1.46. The molecular formula is C25H34N2O. The van der Waals surface area contributed by atoms with Crippen LogP contribution >= 0.6 is 0 Å². The Kier molecular flexibility index (Phi) is 6.51. The van der Waals surface area contributed by atoms with Gasteiger partial charge in [-0.1, -0.05) is 56.0 Å². The highest BCUT2D eigenvalue weighted by atomic mass is 16.2. The van der Waals surface area contributed by atoms with Crippen LogP contribution in [0.15, 0.2) is 42.6 Å². The number of aromatic nitrogens is 1. The van der Waals surface area contributed by atoms with E-state index in [0.717, 1.165) is 38.8 Å². The number of aromatic amines is 1. The summed E-state index contributed by atoms with van der Waals surface area (Å²) in [5.74, 6) is 1.31. The topological polar surface area (TPSA) is 36.1 Å². The largest absolute Gasteiger partial charge is 0.361 e. The number of rotatable bonds is 6. The highest BCUT2D eigenvalue weighted by molar-refractivity contribution is 5.83. The van der Waals surface area contributed by atoms with Gasteiger partial charge in [-0.05, 0) is 56.1 Å². The normalized spacial score (nSPS) is 20.9. The predicted molar refractivity (Wildman–Crippen MR) is 116 cm³/mol. The fraction of sp³-hybridized carbons (Fsp3) is 0.560. The van der Waals surface area contributed by atoms with Crippen molar-refractivity contribution in [2.24, 2.45) is 11.8 Å². The molecule has 1 aromatic heterocycles. The van der Waals surface area contributed by atoms with Crippen molar-refractivity contribution in [1.82, 2.24) is 9.88 Å². The summed E-state index contributed by atoms with van der Waals surface area (Å²) in [6.45, 7) is 1.78. The minimum absolute atomic E-state index is 0.254. The maximum absolute atomic E-state index is 13.4. The second kappa shape index (κ2) is 9.45. The first kappa shape index (κ1) is 19.3. The molecule has 0 bridgehead atoms. The Labute approximate surface area is 169 Å². The zero-order valence-corrected chi connectivity index (χ0v) is 17.0. The fourth-order valence-corrected chi connectivity index (χ4v) is 5.00. The summed E-state index contributed by atoms with van der Waals surface area (Å²) in [4.78, 5) is 19.1.